The van der Waals surface area contributed by atoms with E-state index >= 15 is 0 Å². The smallest absolute Gasteiger partial charge is 0.241 e. The predicted molar refractivity (Wildman–Crippen MR) is 114 cm³/mol. The number of rotatable bonds is 6. The molecule has 28 heavy (non-hydrogen) atoms. The number of nitrogens with zero attached hydrogens (tertiary/aromatic N) is 1. The van der Waals surface area contributed by atoms with Crippen LogP contribution in [0.4, 0.5) is 5.13 Å². The van der Waals surface area contributed by atoms with Gasteiger partial charge in [-0.1, -0.05) is 49.7 Å². The van der Waals surface area contributed by atoms with Gasteiger partial charge < -0.3 is 5.32 Å². The zero-order chi connectivity index (χ0) is 20.3. The minimum Gasteiger partial charge on any atom is -0.301 e. The van der Waals surface area contributed by atoms with Gasteiger partial charge in [-0.2, -0.15) is 0 Å². The molecule has 8 heteroatoms. The van der Waals surface area contributed by atoms with E-state index in [-0.39, 0.29) is 4.90 Å². The van der Waals surface area contributed by atoms with Crippen LogP contribution in [0.2, 0.25) is 5.02 Å². The van der Waals surface area contributed by atoms with Gasteiger partial charge in [0.15, 0.2) is 15.0 Å². The lowest BCUT2D eigenvalue weighted by Gasteiger charge is -2.06. The van der Waals surface area contributed by atoms with Gasteiger partial charge in [-0.05, 0) is 35.7 Å². The third kappa shape index (κ3) is 4.98. The lowest BCUT2D eigenvalue weighted by atomic mass is 10.0. The van der Waals surface area contributed by atoms with Gasteiger partial charge in [-0.25, -0.2) is 13.4 Å². The molecule has 0 aliphatic heterocycles. The topological polar surface area (TPSA) is 76.1 Å². The molecule has 1 heterocycles. The Morgan fingerprint density at radius 3 is 2.36 bits per heavy atom. The van der Waals surface area contributed by atoms with Crippen LogP contribution in [0, 0.1) is 0 Å². The Morgan fingerprint density at radius 1 is 1.11 bits per heavy atom. The van der Waals surface area contributed by atoms with Gasteiger partial charge in [0.05, 0.1) is 10.6 Å². The number of halogens is 1. The first kappa shape index (κ1) is 20.5. The maximum Gasteiger partial charge on any atom is 0.241 e. The summed E-state index contributed by atoms with van der Waals surface area (Å²) in [6.07, 6.45) is 0. The third-order valence-electron chi connectivity index (χ3n) is 4.12. The molecule has 0 radical (unpaired) electrons. The number of anilines is 1. The molecule has 0 aliphatic carbocycles. The van der Waals surface area contributed by atoms with Gasteiger partial charge in [0.1, 0.15) is 5.75 Å². The van der Waals surface area contributed by atoms with Crippen molar-refractivity contribution in [1.82, 2.24) is 4.98 Å². The molecule has 2 aromatic carbocycles. The minimum atomic E-state index is -3.75. The number of hydrogen-bond acceptors (Lipinski definition) is 5. The molecule has 5 nitrogen and oxygen atoms in total. The summed E-state index contributed by atoms with van der Waals surface area (Å²) in [5.74, 6) is -0.847. The van der Waals surface area contributed by atoms with E-state index in [0.29, 0.717) is 16.1 Å². The van der Waals surface area contributed by atoms with Crippen molar-refractivity contribution in [1.29, 1.82) is 0 Å². The van der Waals surface area contributed by atoms with Crippen LogP contribution in [0.1, 0.15) is 25.3 Å². The van der Waals surface area contributed by atoms with E-state index in [1.54, 1.807) is 0 Å². The molecule has 3 aromatic rings. The number of amides is 1. The summed E-state index contributed by atoms with van der Waals surface area (Å²) in [5.41, 5.74) is 2.91. The maximum atomic E-state index is 12.3. The molecule has 1 N–H and O–H groups in total. The molecule has 3 rings (SSSR count). The van der Waals surface area contributed by atoms with Gasteiger partial charge in [0.25, 0.3) is 0 Å². The van der Waals surface area contributed by atoms with Crippen LogP contribution in [0.15, 0.2) is 58.8 Å². The summed E-state index contributed by atoms with van der Waals surface area (Å²) >= 11 is 7.02. The Balaban J connectivity index is 1.67. The monoisotopic (exact) mass is 434 g/mol. The van der Waals surface area contributed by atoms with Gasteiger partial charge in [-0.15, -0.1) is 11.3 Å². The highest BCUT2D eigenvalue weighted by Gasteiger charge is 2.20. The molecule has 0 aliphatic rings. The number of sulfone groups is 1. The van der Waals surface area contributed by atoms with Crippen LogP contribution >= 0.6 is 22.9 Å². The quantitative estimate of drug-likeness (QED) is 0.592. The normalized spacial score (nSPS) is 11.6. The van der Waals surface area contributed by atoms with Crippen molar-refractivity contribution in [3.05, 3.63) is 64.5 Å². The molecule has 0 saturated heterocycles. The van der Waals surface area contributed by atoms with Gasteiger partial charge in [-0.3, -0.25) is 4.79 Å². The summed E-state index contributed by atoms with van der Waals surface area (Å²) in [7, 11) is -3.75. The molecule has 1 aromatic heterocycles. The minimum absolute atomic E-state index is 0.0529. The van der Waals surface area contributed by atoms with Gasteiger partial charge >= 0.3 is 0 Å². The average Bonchev–Trinajstić information content (AvgIpc) is 3.10. The fourth-order valence-corrected chi connectivity index (χ4v) is 4.55. The average molecular weight is 435 g/mol. The highest BCUT2D eigenvalue weighted by Crippen LogP contribution is 2.26. The second-order valence-corrected chi connectivity index (χ2v) is 9.86. The summed E-state index contributed by atoms with van der Waals surface area (Å²) in [4.78, 5) is 16.6. The van der Waals surface area contributed by atoms with E-state index in [9.17, 15) is 13.2 Å². The Hall–Kier alpha value is -2.22. The highest BCUT2D eigenvalue weighted by atomic mass is 35.5. The summed E-state index contributed by atoms with van der Waals surface area (Å²) in [5, 5.41) is 5.18. The first-order chi connectivity index (χ1) is 13.2. The second-order valence-electron chi connectivity index (χ2n) is 6.58. The SMILES string of the molecule is CC(C)c1ccc(-c2csc(NC(=O)CS(=O)(=O)c3ccc(Cl)cc3)n2)cc1. The van der Waals surface area contributed by atoms with Crippen LogP contribution < -0.4 is 5.32 Å². The Morgan fingerprint density at radius 2 is 1.75 bits per heavy atom. The Labute approximate surface area is 173 Å². The van der Waals surface area contributed by atoms with Crippen LogP contribution in [0.25, 0.3) is 11.3 Å². The second kappa shape index (κ2) is 8.43. The van der Waals surface area contributed by atoms with E-state index in [1.807, 2.05) is 17.5 Å². The maximum absolute atomic E-state index is 12.3. The first-order valence-corrected chi connectivity index (χ1v) is 11.5. The lowest BCUT2D eigenvalue weighted by Crippen LogP contribution is -2.22. The van der Waals surface area contributed by atoms with E-state index in [2.05, 4.69) is 36.3 Å². The molecule has 0 bridgehead atoms. The predicted octanol–water partition coefficient (Wildman–Crippen LogP) is 5.00. The van der Waals surface area contributed by atoms with E-state index < -0.39 is 21.5 Å². The number of benzene rings is 2. The van der Waals surface area contributed by atoms with Crippen molar-refractivity contribution in [3.8, 4) is 11.3 Å². The zero-order valence-corrected chi connectivity index (χ0v) is 17.7. The Bertz CT molecular complexity index is 1070. The first-order valence-electron chi connectivity index (χ1n) is 8.58. The molecule has 1 amide bonds. The number of hydrogen-bond donors (Lipinski definition) is 1. The molecule has 0 unspecified atom stereocenters. The number of aromatic nitrogens is 1. The van der Waals surface area contributed by atoms with Crippen LogP contribution in [0.3, 0.4) is 0 Å². The van der Waals surface area contributed by atoms with Crippen molar-refractivity contribution < 1.29 is 13.2 Å². The van der Waals surface area contributed by atoms with Crippen molar-refractivity contribution >= 4 is 43.8 Å². The van der Waals surface area contributed by atoms with Crippen molar-refractivity contribution in [2.45, 2.75) is 24.7 Å². The summed E-state index contributed by atoms with van der Waals surface area (Å²) in [6.45, 7) is 4.26. The van der Waals surface area contributed by atoms with Crippen molar-refractivity contribution in [2.24, 2.45) is 0 Å². The number of carbonyl (C=O) groups is 1. The molecule has 0 saturated carbocycles. The van der Waals surface area contributed by atoms with Gasteiger partial charge in [0.2, 0.25) is 5.91 Å². The lowest BCUT2D eigenvalue weighted by molar-refractivity contribution is -0.113. The summed E-state index contributed by atoms with van der Waals surface area (Å²) in [6, 6.07) is 13.8. The highest BCUT2D eigenvalue weighted by molar-refractivity contribution is 7.92. The van der Waals surface area contributed by atoms with E-state index in [1.165, 1.54) is 41.2 Å². The van der Waals surface area contributed by atoms with Crippen LogP contribution in [-0.2, 0) is 14.6 Å². The van der Waals surface area contributed by atoms with E-state index in [4.69, 9.17) is 11.6 Å². The Kier molecular flexibility index (Phi) is 6.17. The molecule has 146 valence electrons. The van der Waals surface area contributed by atoms with Crippen molar-refractivity contribution in [3.63, 3.8) is 0 Å². The largest absolute Gasteiger partial charge is 0.301 e. The fourth-order valence-electron chi connectivity index (χ4n) is 2.56. The van der Waals surface area contributed by atoms with Crippen molar-refractivity contribution in [2.75, 3.05) is 11.1 Å². The van der Waals surface area contributed by atoms with Gasteiger partial charge in [0, 0.05) is 16.0 Å². The number of thiazole rings is 1. The zero-order valence-electron chi connectivity index (χ0n) is 15.3. The standard InChI is InChI=1S/C20H19ClN2O3S2/c1-13(2)14-3-5-15(6-4-14)18-11-27-20(22-18)23-19(24)12-28(25,26)17-9-7-16(21)8-10-17/h3-11,13H,12H2,1-2H3,(H,22,23,24). The van der Waals surface area contributed by atoms with Crippen LogP contribution in [-0.4, -0.2) is 25.1 Å². The number of nitrogens with one attached hydrogen (secondary N) is 1. The third-order valence-corrected chi connectivity index (χ3v) is 6.76. The van der Waals surface area contributed by atoms with Crippen LogP contribution in [0.5, 0.6) is 0 Å². The molecule has 0 spiro atoms. The van der Waals surface area contributed by atoms with E-state index in [0.717, 1.165) is 11.3 Å². The molecule has 0 atom stereocenters. The number of carbonyl (C=O) groups excluding carboxylic acids is 1. The molecule has 0 fully saturated rings. The molecular formula is C20H19ClN2O3S2. The molecular weight excluding hydrogens is 416 g/mol. The summed E-state index contributed by atoms with van der Waals surface area (Å²) < 4.78 is 24.7. The fraction of sp³-hybridized carbons (Fsp3) is 0.200.